The lowest BCUT2D eigenvalue weighted by atomic mass is 9.98. The molecule has 0 saturated carbocycles. The van der Waals surface area contributed by atoms with Crippen molar-refractivity contribution in [3.8, 4) is 5.75 Å². The number of fused-ring (bicyclic) bond motifs is 1. The summed E-state index contributed by atoms with van der Waals surface area (Å²) in [5.41, 5.74) is 2.41. The van der Waals surface area contributed by atoms with Gasteiger partial charge in [-0.05, 0) is 43.5 Å². The van der Waals surface area contributed by atoms with Gasteiger partial charge in [0.1, 0.15) is 5.75 Å². The molecule has 1 atom stereocenters. The van der Waals surface area contributed by atoms with Crippen molar-refractivity contribution in [1.82, 2.24) is 5.32 Å². The Morgan fingerprint density at radius 1 is 1.50 bits per heavy atom. The van der Waals surface area contributed by atoms with Crippen LogP contribution in [0.2, 0.25) is 0 Å². The van der Waals surface area contributed by atoms with E-state index < -0.39 is 5.97 Å². The molecule has 0 spiro atoms. The third kappa shape index (κ3) is 2.82. The van der Waals surface area contributed by atoms with Crippen LogP contribution in [0.25, 0.3) is 0 Å². The fourth-order valence-corrected chi connectivity index (χ4v) is 2.56. The lowest BCUT2D eigenvalue weighted by Crippen LogP contribution is -2.17. The van der Waals surface area contributed by atoms with E-state index in [1.165, 1.54) is 12.0 Å². The average molecular weight is 249 g/mol. The largest absolute Gasteiger partial charge is 0.482 e. The van der Waals surface area contributed by atoms with E-state index in [4.69, 9.17) is 9.84 Å². The van der Waals surface area contributed by atoms with E-state index in [1.807, 2.05) is 19.2 Å². The number of ether oxygens (including phenoxy) is 1. The van der Waals surface area contributed by atoms with Gasteiger partial charge in [-0.2, -0.15) is 0 Å². The molecule has 0 aromatic heterocycles. The van der Waals surface area contributed by atoms with Crippen LogP contribution in [0.4, 0.5) is 0 Å². The van der Waals surface area contributed by atoms with Gasteiger partial charge in [-0.3, -0.25) is 0 Å². The van der Waals surface area contributed by atoms with Gasteiger partial charge in [0.2, 0.25) is 0 Å². The van der Waals surface area contributed by atoms with E-state index in [0.717, 1.165) is 30.6 Å². The van der Waals surface area contributed by atoms with Gasteiger partial charge in [0.25, 0.3) is 0 Å². The molecule has 4 heteroatoms. The summed E-state index contributed by atoms with van der Waals surface area (Å²) in [6.45, 7) is -0.277. The Morgan fingerprint density at radius 2 is 2.33 bits per heavy atom. The van der Waals surface area contributed by atoms with Gasteiger partial charge in [-0.15, -0.1) is 0 Å². The van der Waals surface area contributed by atoms with Gasteiger partial charge < -0.3 is 15.2 Å². The van der Waals surface area contributed by atoms with Gasteiger partial charge in [-0.1, -0.05) is 18.6 Å². The molecule has 1 aromatic rings. The molecular formula is C14H19NO3. The Kier molecular flexibility index (Phi) is 4.20. The molecule has 1 aliphatic carbocycles. The van der Waals surface area contributed by atoms with Crippen LogP contribution >= 0.6 is 0 Å². The average Bonchev–Trinajstić information content (AvgIpc) is 2.58. The third-order valence-electron chi connectivity index (χ3n) is 3.41. The first kappa shape index (κ1) is 12.9. The maximum absolute atomic E-state index is 10.6. The summed E-state index contributed by atoms with van der Waals surface area (Å²) in [5, 5.41) is 12.0. The zero-order valence-electron chi connectivity index (χ0n) is 10.6. The van der Waals surface area contributed by atoms with Crippen LogP contribution in [0.1, 0.15) is 36.4 Å². The molecule has 0 bridgehead atoms. The molecule has 0 aliphatic heterocycles. The first-order valence-corrected chi connectivity index (χ1v) is 6.36. The highest BCUT2D eigenvalue weighted by Crippen LogP contribution is 2.33. The maximum atomic E-state index is 10.6. The number of nitrogens with one attached hydrogen (secondary N) is 1. The molecule has 0 fully saturated rings. The quantitative estimate of drug-likeness (QED) is 0.803. The molecule has 0 saturated heterocycles. The molecule has 1 aliphatic rings. The standard InChI is InChI=1S/C14H19NO3/c1-15-12-7-3-2-5-11-10(12)6-4-8-13(11)18-9-14(16)17/h4,6,8,12,15H,2-3,5,7,9H2,1H3,(H,16,17). The summed E-state index contributed by atoms with van der Waals surface area (Å²) < 4.78 is 5.39. The summed E-state index contributed by atoms with van der Waals surface area (Å²) in [6.07, 6.45) is 4.38. The summed E-state index contributed by atoms with van der Waals surface area (Å²) in [7, 11) is 1.96. The zero-order chi connectivity index (χ0) is 13.0. The minimum atomic E-state index is -0.939. The first-order chi connectivity index (χ1) is 8.72. The fraction of sp³-hybridized carbons (Fsp3) is 0.500. The number of carboxylic acid groups (broad SMARTS) is 1. The zero-order valence-corrected chi connectivity index (χ0v) is 10.6. The van der Waals surface area contributed by atoms with Crippen LogP contribution in [0.5, 0.6) is 5.75 Å². The number of rotatable bonds is 4. The number of carboxylic acids is 1. The molecule has 1 aromatic carbocycles. The van der Waals surface area contributed by atoms with Crippen molar-refractivity contribution in [3.05, 3.63) is 29.3 Å². The lowest BCUT2D eigenvalue weighted by Gasteiger charge is -2.18. The predicted octanol–water partition coefficient (Wildman–Crippen LogP) is 2.14. The van der Waals surface area contributed by atoms with Gasteiger partial charge in [0, 0.05) is 6.04 Å². The van der Waals surface area contributed by atoms with Crippen LogP contribution in [0.15, 0.2) is 18.2 Å². The minimum Gasteiger partial charge on any atom is -0.482 e. The topological polar surface area (TPSA) is 58.6 Å². The fourth-order valence-electron chi connectivity index (χ4n) is 2.56. The van der Waals surface area contributed by atoms with Crippen LogP contribution in [-0.4, -0.2) is 24.7 Å². The van der Waals surface area contributed by atoms with Gasteiger partial charge >= 0.3 is 5.97 Å². The number of benzene rings is 1. The normalized spacial score (nSPS) is 18.8. The first-order valence-electron chi connectivity index (χ1n) is 6.36. The monoisotopic (exact) mass is 249 g/mol. The van der Waals surface area contributed by atoms with E-state index in [0.29, 0.717) is 6.04 Å². The Morgan fingerprint density at radius 3 is 3.06 bits per heavy atom. The van der Waals surface area contributed by atoms with Gasteiger partial charge in [0.15, 0.2) is 6.61 Å². The number of aliphatic carboxylic acids is 1. The molecule has 0 heterocycles. The van der Waals surface area contributed by atoms with Crippen molar-refractivity contribution in [2.45, 2.75) is 31.7 Å². The molecule has 18 heavy (non-hydrogen) atoms. The van der Waals surface area contributed by atoms with Crippen molar-refractivity contribution in [2.75, 3.05) is 13.7 Å². The van der Waals surface area contributed by atoms with Gasteiger partial charge in [-0.25, -0.2) is 4.79 Å². The molecule has 0 radical (unpaired) electrons. The van der Waals surface area contributed by atoms with E-state index in [-0.39, 0.29) is 6.61 Å². The predicted molar refractivity (Wildman–Crippen MR) is 68.9 cm³/mol. The van der Waals surface area contributed by atoms with E-state index in [9.17, 15) is 4.79 Å². The van der Waals surface area contributed by atoms with Gasteiger partial charge in [0.05, 0.1) is 0 Å². The lowest BCUT2D eigenvalue weighted by molar-refractivity contribution is -0.139. The number of hydrogen-bond donors (Lipinski definition) is 2. The maximum Gasteiger partial charge on any atom is 0.341 e. The van der Waals surface area contributed by atoms with Crippen LogP contribution < -0.4 is 10.1 Å². The van der Waals surface area contributed by atoms with Crippen molar-refractivity contribution in [3.63, 3.8) is 0 Å². The van der Waals surface area contributed by atoms with E-state index in [2.05, 4.69) is 11.4 Å². The molecule has 4 nitrogen and oxygen atoms in total. The van der Waals surface area contributed by atoms with Crippen LogP contribution in [-0.2, 0) is 11.2 Å². The molecule has 1 unspecified atom stereocenters. The minimum absolute atomic E-state index is 0.277. The van der Waals surface area contributed by atoms with Crippen LogP contribution in [0, 0.1) is 0 Å². The molecule has 0 amide bonds. The SMILES string of the molecule is CNC1CCCCc2c(OCC(=O)O)cccc21. The Bertz CT molecular complexity index is 431. The Balaban J connectivity index is 2.29. The second-order valence-electron chi connectivity index (χ2n) is 4.59. The van der Waals surface area contributed by atoms with Crippen molar-refractivity contribution >= 4 is 5.97 Å². The van der Waals surface area contributed by atoms with Crippen molar-refractivity contribution < 1.29 is 14.6 Å². The van der Waals surface area contributed by atoms with Crippen molar-refractivity contribution in [2.24, 2.45) is 0 Å². The number of hydrogen-bond acceptors (Lipinski definition) is 3. The van der Waals surface area contributed by atoms with Crippen LogP contribution in [0.3, 0.4) is 0 Å². The molecule has 98 valence electrons. The van der Waals surface area contributed by atoms with E-state index in [1.54, 1.807) is 0 Å². The van der Waals surface area contributed by atoms with Crippen molar-refractivity contribution in [1.29, 1.82) is 0 Å². The molecular weight excluding hydrogens is 230 g/mol. The highest BCUT2D eigenvalue weighted by atomic mass is 16.5. The summed E-state index contributed by atoms with van der Waals surface area (Å²) >= 11 is 0. The highest BCUT2D eigenvalue weighted by Gasteiger charge is 2.20. The summed E-state index contributed by atoms with van der Waals surface area (Å²) in [6, 6.07) is 6.25. The Labute approximate surface area is 107 Å². The number of carbonyl (C=O) groups is 1. The second kappa shape index (κ2) is 5.87. The smallest absolute Gasteiger partial charge is 0.341 e. The summed E-state index contributed by atoms with van der Waals surface area (Å²) in [5.74, 6) is -0.219. The Hall–Kier alpha value is -1.55. The second-order valence-corrected chi connectivity index (χ2v) is 4.59. The molecule has 2 N–H and O–H groups in total. The molecule has 2 rings (SSSR count). The summed E-state index contributed by atoms with van der Waals surface area (Å²) in [4.78, 5) is 10.6. The third-order valence-corrected chi connectivity index (χ3v) is 3.41. The van der Waals surface area contributed by atoms with E-state index >= 15 is 0 Å². The highest BCUT2D eigenvalue weighted by molar-refractivity contribution is 5.68.